The van der Waals surface area contributed by atoms with Crippen molar-refractivity contribution in [2.45, 2.75) is 33.1 Å². The van der Waals surface area contributed by atoms with Gasteiger partial charge < -0.3 is 14.5 Å². The van der Waals surface area contributed by atoms with Crippen molar-refractivity contribution in [1.82, 2.24) is 24.5 Å². The fourth-order valence-corrected chi connectivity index (χ4v) is 4.01. The summed E-state index contributed by atoms with van der Waals surface area (Å²) in [6, 6.07) is 9.95. The molecule has 158 valence electrons. The number of fused-ring (bicyclic) bond motifs is 1. The van der Waals surface area contributed by atoms with Crippen LogP contribution in [0.15, 0.2) is 30.3 Å². The van der Waals surface area contributed by atoms with E-state index in [2.05, 4.69) is 35.0 Å². The third-order valence-corrected chi connectivity index (χ3v) is 5.69. The molecule has 8 heteroatoms. The van der Waals surface area contributed by atoms with Crippen molar-refractivity contribution >= 4 is 17.5 Å². The lowest BCUT2D eigenvalue weighted by atomic mass is 10.1. The van der Waals surface area contributed by atoms with Crippen molar-refractivity contribution in [2.75, 3.05) is 38.2 Å². The molecule has 0 N–H and O–H groups in total. The zero-order valence-corrected chi connectivity index (χ0v) is 17.8. The third-order valence-electron chi connectivity index (χ3n) is 5.69. The molecule has 4 rings (SSSR count). The van der Waals surface area contributed by atoms with E-state index in [0.717, 1.165) is 48.2 Å². The summed E-state index contributed by atoms with van der Waals surface area (Å²) in [5, 5.41) is 8.44. The van der Waals surface area contributed by atoms with E-state index < -0.39 is 0 Å². The largest absolute Gasteiger partial charge is 0.496 e. The normalized spacial score (nSPS) is 14.4. The van der Waals surface area contributed by atoms with Crippen LogP contribution in [0.3, 0.4) is 0 Å². The average Bonchev–Trinajstić information content (AvgIpc) is 3.21. The monoisotopic (exact) mass is 408 g/mol. The Morgan fingerprint density at radius 3 is 2.63 bits per heavy atom. The Kier molecular flexibility index (Phi) is 5.83. The van der Waals surface area contributed by atoms with E-state index >= 15 is 0 Å². The predicted octanol–water partition coefficient (Wildman–Crippen LogP) is 2.29. The van der Waals surface area contributed by atoms with Crippen LogP contribution in [0.5, 0.6) is 5.75 Å². The number of anilines is 1. The molecule has 1 aliphatic heterocycles. The number of aromatic nitrogens is 4. The number of carbonyl (C=O) groups is 1. The van der Waals surface area contributed by atoms with Crippen LogP contribution in [-0.2, 0) is 17.6 Å². The average molecular weight is 409 g/mol. The number of benzene rings is 1. The fourth-order valence-electron chi connectivity index (χ4n) is 4.01. The molecule has 0 bridgehead atoms. The van der Waals surface area contributed by atoms with Gasteiger partial charge in [-0.05, 0) is 25.0 Å². The molecule has 8 nitrogen and oxygen atoms in total. The highest BCUT2D eigenvalue weighted by atomic mass is 16.5. The zero-order chi connectivity index (χ0) is 21.1. The molecule has 30 heavy (non-hydrogen) atoms. The van der Waals surface area contributed by atoms with Gasteiger partial charge in [0.05, 0.1) is 7.11 Å². The number of carbonyl (C=O) groups excluding carboxylic acids is 1. The number of hydrogen-bond donors (Lipinski definition) is 0. The van der Waals surface area contributed by atoms with Crippen LogP contribution in [0, 0.1) is 6.92 Å². The fraction of sp³-hybridized carbons (Fsp3) is 0.455. The Bertz CT molecular complexity index is 1040. The molecule has 1 amide bonds. The van der Waals surface area contributed by atoms with Gasteiger partial charge in [-0.25, -0.2) is 0 Å². The van der Waals surface area contributed by atoms with Crippen molar-refractivity contribution in [3.63, 3.8) is 0 Å². The maximum Gasteiger partial charge on any atom is 0.257 e. The molecule has 0 atom stereocenters. The van der Waals surface area contributed by atoms with Gasteiger partial charge in [0.1, 0.15) is 17.4 Å². The zero-order valence-electron chi connectivity index (χ0n) is 17.8. The lowest BCUT2D eigenvalue weighted by Gasteiger charge is -2.35. The van der Waals surface area contributed by atoms with Crippen LogP contribution < -0.4 is 9.64 Å². The molecule has 1 aromatic carbocycles. The minimum Gasteiger partial charge on any atom is -0.496 e. The van der Waals surface area contributed by atoms with Crippen molar-refractivity contribution in [3.8, 4) is 5.75 Å². The summed E-state index contributed by atoms with van der Waals surface area (Å²) in [6.45, 7) is 7.04. The maximum atomic E-state index is 12.7. The first-order valence-corrected chi connectivity index (χ1v) is 10.5. The van der Waals surface area contributed by atoms with Gasteiger partial charge in [-0.15, -0.1) is 10.2 Å². The molecule has 0 saturated carbocycles. The van der Waals surface area contributed by atoms with E-state index in [4.69, 9.17) is 9.72 Å². The van der Waals surface area contributed by atoms with Gasteiger partial charge in [0, 0.05) is 50.8 Å². The minimum absolute atomic E-state index is 0.185. The molecule has 1 fully saturated rings. The van der Waals surface area contributed by atoms with Crippen molar-refractivity contribution < 1.29 is 9.53 Å². The van der Waals surface area contributed by atoms with E-state index in [1.165, 1.54) is 0 Å². The molecule has 0 aliphatic carbocycles. The Hall–Kier alpha value is -3.16. The third kappa shape index (κ3) is 3.94. The summed E-state index contributed by atoms with van der Waals surface area (Å²) in [5.74, 6) is 3.48. The number of methoxy groups -OCH3 is 1. The first kappa shape index (κ1) is 20.1. The summed E-state index contributed by atoms with van der Waals surface area (Å²) in [6.07, 6.45) is 2.00. The van der Waals surface area contributed by atoms with E-state index in [-0.39, 0.29) is 5.91 Å². The van der Waals surface area contributed by atoms with Crippen molar-refractivity contribution in [2.24, 2.45) is 0 Å². The lowest BCUT2D eigenvalue weighted by molar-refractivity contribution is -0.131. The standard InChI is InChI=1S/C22H28N6O2/c1-4-19-24-25-22-23-20(15-16(2)28(19)22)26-11-13-27(14-12-26)21(29)10-9-17-7-5-6-8-18(17)30-3/h5-8,15H,4,9-14H2,1-3H3. The molecular weight excluding hydrogens is 380 g/mol. The first-order chi connectivity index (χ1) is 14.6. The molecule has 0 radical (unpaired) electrons. The second-order valence-corrected chi connectivity index (χ2v) is 7.54. The Labute approximate surface area is 176 Å². The number of nitrogens with zero attached hydrogens (tertiary/aromatic N) is 6. The van der Waals surface area contributed by atoms with E-state index in [0.29, 0.717) is 31.7 Å². The van der Waals surface area contributed by atoms with Crippen LogP contribution >= 0.6 is 0 Å². The molecule has 0 unspecified atom stereocenters. The summed E-state index contributed by atoms with van der Waals surface area (Å²) in [7, 11) is 1.66. The van der Waals surface area contributed by atoms with Gasteiger partial charge in [0.25, 0.3) is 5.78 Å². The van der Waals surface area contributed by atoms with E-state index in [9.17, 15) is 4.79 Å². The number of hydrogen-bond acceptors (Lipinski definition) is 6. The van der Waals surface area contributed by atoms with Crippen LogP contribution in [0.1, 0.15) is 30.4 Å². The van der Waals surface area contributed by atoms with E-state index in [1.54, 1.807) is 7.11 Å². The highest BCUT2D eigenvalue weighted by molar-refractivity contribution is 5.77. The number of amides is 1. The highest BCUT2D eigenvalue weighted by Crippen LogP contribution is 2.21. The number of para-hydroxylation sites is 1. The van der Waals surface area contributed by atoms with Crippen LogP contribution in [0.2, 0.25) is 0 Å². The topological polar surface area (TPSA) is 75.9 Å². The molecule has 0 spiro atoms. The molecule has 3 aromatic rings. The number of aryl methyl sites for hydroxylation is 3. The minimum atomic E-state index is 0.185. The van der Waals surface area contributed by atoms with Gasteiger partial charge in [-0.1, -0.05) is 25.1 Å². The number of rotatable bonds is 6. The molecule has 1 saturated heterocycles. The second-order valence-electron chi connectivity index (χ2n) is 7.54. The quantitative estimate of drug-likeness (QED) is 0.623. The van der Waals surface area contributed by atoms with Gasteiger partial charge in [-0.3, -0.25) is 9.20 Å². The second kappa shape index (κ2) is 8.69. The van der Waals surface area contributed by atoms with Crippen molar-refractivity contribution in [3.05, 3.63) is 47.4 Å². The van der Waals surface area contributed by atoms with Crippen LogP contribution in [0.25, 0.3) is 5.78 Å². The van der Waals surface area contributed by atoms with Crippen molar-refractivity contribution in [1.29, 1.82) is 0 Å². The van der Waals surface area contributed by atoms with E-state index in [1.807, 2.05) is 33.6 Å². The van der Waals surface area contributed by atoms with Crippen LogP contribution in [0.4, 0.5) is 5.82 Å². The maximum absolute atomic E-state index is 12.7. The number of ether oxygens (including phenoxy) is 1. The van der Waals surface area contributed by atoms with Crippen LogP contribution in [-0.4, -0.2) is 63.7 Å². The Balaban J connectivity index is 1.36. The van der Waals surface area contributed by atoms with Gasteiger partial charge >= 0.3 is 0 Å². The van der Waals surface area contributed by atoms with Gasteiger partial charge in [-0.2, -0.15) is 4.98 Å². The molecule has 1 aliphatic rings. The highest BCUT2D eigenvalue weighted by Gasteiger charge is 2.23. The SMILES string of the molecule is CCc1nnc2nc(N3CCN(C(=O)CCc4ccccc4OC)CC3)cc(C)n12. The van der Waals surface area contributed by atoms with Gasteiger partial charge in [0.15, 0.2) is 0 Å². The first-order valence-electron chi connectivity index (χ1n) is 10.5. The van der Waals surface area contributed by atoms with Gasteiger partial charge in [0.2, 0.25) is 5.91 Å². The molecule has 2 aromatic heterocycles. The predicted molar refractivity (Wildman–Crippen MR) is 115 cm³/mol. The summed E-state index contributed by atoms with van der Waals surface area (Å²) >= 11 is 0. The summed E-state index contributed by atoms with van der Waals surface area (Å²) in [5.41, 5.74) is 2.15. The Morgan fingerprint density at radius 2 is 1.90 bits per heavy atom. The smallest absolute Gasteiger partial charge is 0.257 e. The lowest BCUT2D eigenvalue weighted by Crippen LogP contribution is -2.49. The Morgan fingerprint density at radius 1 is 1.13 bits per heavy atom. The summed E-state index contributed by atoms with van der Waals surface area (Å²) in [4.78, 5) is 21.6. The molecular formula is C22H28N6O2. The number of piperazine rings is 1. The molecule has 3 heterocycles. The summed E-state index contributed by atoms with van der Waals surface area (Å²) < 4.78 is 7.39.